The van der Waals surface area contributed by atoms with Crippen LogP contribution >= 0.6 is 0 Å². The van der Waals surface area contributed by atoms with E-state index < -0.39 is 30.7 Å². The van der Waals surface area contributed by atoms with Gasteiger partial charge in [-0.3, -0.25) is 0 Å². The zero-order valence-corrected chi connectivity index (χ0v) is 10.6. The number of rotatable bonds is 6. The lowest BCUT2D eigenvalue weighted by Crippen LogP contribution is -2.59. The van der Waals surface area contributed by atoms with Gasteiger partial charge in [-0.15, -0.1) is 0 Å². The van der Waals surface area contributed by atoms with Crippen LogP contribution in [0.2, 0.25) is 0 Å². The van der Waals surface area contributed by atoms with E-state index in [-0.39, 0.29) is 5.69 Å². The van der Waals surface area contributed by atoms with Crippen LogP contribution in [-0.4, -0.2) is 30.7 Å². The molecular formula is C12H11F8N. The second kappa shape index (κ2) is 5.69. The van der Waals surface area contributed by atoms with E-state index >= 15 is 0 Å². The van der Waals surface area contributed by atoms with Crippen molar-refractivity contribution in [1.82, 2.24) is 0 Å². The van der Waals surface area contributed by atoms with Gasteiger partial charge in [0.1, 0.15) is 0 Å². The molecule has 0 saturated heterocycles. The zero-order chi connectivity index (χ0) is 16.5. The van der Waals surface area contributed by atoms with E-state index in [1.807, 2.05) is 5.32 Å². The monoisotopic (exact) mass is 321 g/mol. The molecule has 1 aromatic rings. The Balaban J connectivity index is 2.87. The van der Waals surface area contributed by atoms with E-state index in [1.165, 1.54) is 24.3 Å². The molecule has 0 saturated carbocycles. The van der Waals surface area contributed by atoms with Gasteiger partial charge in [0.2, 0.25) is 0 Å². The molecular weight excluding hydrogens is 310 g/mol. The molecule has 0 bridgehead atoms. The van der Waals surface area contributed by atoms with Crippen LogP contribution in [0.4, 0.5) is 40.8 Å². The highest BCUT2D eigenvalue weighted by Crippen LogP contribution is 2.48. The van der Waals surface area contributed by atoms with Gasteiger partial charge in [-0.1, -0.05) is 17.7 Å². The largest absolute Gasteiger partial charge is 0.379 e. The summed E-state index contributed by atoms with van der Waals surface area (Å²) in [6.45, 7) is -0.235. The van der Waals surface area contributed by atoms with Crippen LogP contribution in [-0.2, 0) is 0 Å². The van der Waals surface area contributed by atoms with E-state index in [4.69, 9.17) is 0 Å². The van der Waals surface area contributed by atoms with Crippen molar-refractivity contribution in [3.8, 4) is 0 Å². The molecule has 0 amide bonds. The van der Waals surface area contributed by atoms with Gasteiger partial charge in [0.25, 0.3) is 0 Å². The van der Waals surface area contributed by atoms with Crippen molar-refractivity contribution in [2.45, 2.75) is 31.1 Å². The molecule has 1 rings (SSSR count). The summed E-state index contributed by atoms with van der Waals surface area (Å²) in [5.41, 5.74) is 0.721. The van der Waals surface area contributed by atoms with Gasteiger partial charge in [0, 0.05) is 5.69 Å². The summed E-state index contributed by atoms with van der Waals surface area (Å²) in [5, 5.41) is 1.82. The number of hydrogen-bond acceptors (Lipinski definition) is 1. The first-order valence-electron chi connectivity index (χ1n) is 5.64. The minimum absolute atomic E-state index is 0.0311. The molecule has 0 heterocycles. The molecule has 0 spiro atoms. The molecule has 0 unspecified atom stereocenters. The molecule has 0 aliphatic heterocycles. The Morgan fingerprint density at radius 1 is 0.952 bits per heavy atom. The molecule has 1 aromatic carbocycles. The summed E-state index contributed by atoms with van der Waals surface area (Å²) in [6, 6.07) is 5.45. The number of nitrogens with one attached hydrogen (secondary N) is 1. The van der Waals surface area contributed by atoms with Crippen LogP contribution in [0.5, 0.6) is 0 Å². The summed E-state index contributed by atoms with van der Waals surface area (Å²) in [5.74, 6) is -17.7. The van der Waals surface area contributed by atoms with Crippen molar-refractivity contribution in [3.05, 3.63) is 29.8 Å². The molecule has 0 atom stereocenters. The van der Waals surface area contributed by atoms with Gasteiger partial charge >= 0.3 is 24.2 Å². The van der Waals surface area contributed by atoms with Crippen molar-refractivity contribution in [2.75, 3.05) is 11.9 Å². The number of aryl methyl sites for hydroxylation is 1. The fourth-order valence-electron chi connectivity index (χ4n) is 1.38. The van der Waals surface area contributed by atoms with Crippen molar-refractivity contribution < 1.29 is 35.1 Å². The Labute approximate surface area is 114 Å². The Morgan fingerprint density at radius 3 is 1.86 bits per heavy atom. The number of anilines is 1. The highest BCUT2D eigenvalue weighted by atomic mass is 19.4. The third kappa shape index (κ3) is 3.38. The Kier molecular flexibility index (Phi) is 4.74. The van der Waals surface area contributed by atoms with Crippen molar-refractivity contribution >= 4 is 5.69 Å². The highest BCUT2D eigenvalue weighted by Gasteiger charge is 2.75. The summed E-state index contributed by atoms with van der Waals surface area (Å²) in [7, 11) is 0. The molecule has 1 nitrogen and oxygen atoms in total. The lowest BCUT2D eigenvalue weighted by Gasteiger charge is -2.32. The number of hydrogen-bond donors (Lipinski definition) is 1. The minimum atomic E-state index is -6.19. The lowest BCUT2D eigenvalue weighted by molar-refractivity contribution is -0.334. The first-order valence-corrected chi connectivity index (χ1v) is 5.64. The van der Waals surface area contributed by atoms with E-state index in [9.17, 15) is 35.1 Å². The van der Waals surface area contributed by atoms with Crippen LogP contribution < -0.4 is 5.32 Å². The molecule has 0 radical (unpaired) electrons. The zero-order valence-electron chi connectivity index (χ0n) is 10.6. The Hall–Kier alpha value is -1.54. The van der Waals surface area contributed by atoms with Crippen molar-refractivity contribution in [2.24, 2.45) is 0 Å². The standard InChI is InChI=1S/C12H11F8N/c1-7-2-4-8(5-3-7)21-6-10(15,16)12(19,20)11(17,18)9(13)14/h2-5,9,21H,6H2,1H3. The fraction of sp³-hybridized carbons (Fsp3) is 0.500. The van der Waals surface area contributed by atoms with Gasteiger partial charge in [-0.2, -0.15) is 26.3 Å². The van der Waals surface area contributed by atoms with Crippen LogP contribution in [0.15, 0.2) is 24.3 Å². The average molecular weight is 321 g/mol. The molecule has 21 heavy (non-hydrogen) atoms. The molecule has 0 aromatic heterocycles. The predicted molar refractivity (Wildman–Crippen MR) is 60.5 cm³/mol. The maximum absolute atomic E-state index is 13.2. The minimum Gasteiger partial charge on any atom is -0.379 e. The normalized spacial score (nSPS) is 13.6. The Bertz CT molecular complexity index is 469. The van der Waals surface area contributed by atoms with Crippen LogP contribution in [0.25, 0.3) is 0 Å². The quantitative estimate of drug-likeness (QED) is 0.756. The Morgan fingerprint density at radius 2 is 1.43 bits per heavy atom. The SMILES string of the molecule is Cc1ccc(NCC(F)(F)C(F)(F)C(F)(F)C(F)F)cc1. The van der Waals surface area contributed by atoms with Gasteiger partial charge in [-0.25, -0.2) is 8.78 Å². The first kappa shape index (κ1) is 17.5. The van der Waals surface area contributed by atoms with Crippen LogP contribution in [0, 0.1) is 6.92 Å². The van der Waals surface area contributed by atoms with E-state index in [0.29, 0.717) is 0 Å². The predicted octanol–water partition coefficient (Wildman–Crippen LogP) is 4.58. The molecule has 9 heteroatoms. The van der Waals surface area contributed by atoms with Crippen LogP contribution in [0.3, 0.4) is 0 Å². The van der Waals surface area contributed by atoms with Gasteiger partial charge in [0.15, 0.2) is 0 Å². The maximum Gasteiger partial charge on any atom is 0.379 e. The molecule has 1 N–H and O–H groups in total. The van der Waals surface area contributed by atoms with Crippen molar-refractivity contribution in [3.63, 3.8) is 0 Å². The summed E-state index contributed by atoms with van der Waals surface area (Å²) < 4.78 is 101. The lowest BCUT2D eigenvalue weighted by atomic mass is 10.0. The van der Waals surface area contributed by atoms with Gasteiger partial charge in [0.05, 0.1) is 6.54 Å². The van der Waals surface area contributed by atoms with Gasteiger partial charge < -0.3 is 5.32 Å². The second-order valence-corrected chi connectivity index (χ2v) is 4.42. The number of benzene rings is 1. The summed E-state index contributed by atoms with van der Waals surface area (Å²) >= 11 is 0. The first-order chi connectivity index (χ1) is 9.42. The number of halogens is 8. The van der Waals surface area contributed by atoms with Crippen molar-refractivity contribution in [1.29, 1.82) is 0 Å². The summed E-state index contributed by atoms with van der Waals surface area (Å²) in [4.78, 5) is 0. The topological polar surface area (TPSA) is 12.0 Å². The van der Waals surface area contributed by atoms with E-state index in [2.05, 4.69) is 0 Å². The maximum atomic E-state index is 13.2. The average Bonchev–Trinajstić information content (AvgIpc) is 2.37. The van der Waals surface area contributed by atoms with Gasteiger partial charge in [-0.05, 0) is 19.1 Å². The second-order valence-electron chi connectivity index (χ2n) is 4.42. The molecule has 0 aliphatic carbocycles. The number of alkyl halides is 8. The third-order valence-corrected chi connectivity index (χ3v) is 2.72. The summed E-state index contributed by atoms with van der Waals surface area (Å²) in [6.07, 6.45) is -4.90. The molecule has 120 valence electrons. The highest BCUT2D eigenvalue weighted by molar-refractivity contribution is 5.44. The fourth-order valence-corrected chi connectivity index (χ4v) is 1.38. The van der Waals surface area contributed by atoms with E-state index in [0.717, 1.165) is 5.56 Å². The van der Waals surface area contributed by atoms with E-state index in [1.54, 1.807) is 6.92 Å². The molecule has 0 aliphatic rings. The molecule has 0 fully saturated rings. The third-order valence-electron chi connectivity index (χ3n) is 2.72. The smallest absolute Gasteiger partial charge is 0.379 e. The van der Waals surface area contributed by atoms with Crippen LogP contribution in [0.1, 0.15) is 5.56 Å².